The summed E-state index contributed by atoms with van der Waals surface area (Å²) in [7, 11) is 0. The normalized spacial score (nSPS) is 13.7. The van der Waals surface area contributed by atoms with E-state index in [2.05, 4.69) is 10.6 Å². The number of carboxylic acids is 1. The quantitative estimate of drug-likeness (QED) is 0.594. The van der Waals surface area contributed by atoms with Crippen molar-refractivity contribution in [3.8, 4) is 0 Å². The first kappa shape index (κ1) is 16.7. The third-order valence-electron chi connectivity index (χ3n) is 3.17. The van der Waals surface area contributed by atoms with Gasteiger partial charge >= 0.3 is 12.0 Å². The Morgan fingerprint density at radius 1 is 1.17 bits per heavy atom. The lowest BCUT2D eigenvalue weighted by molar-refractivity contribution is -0.137. The molecule has 0 saturated carbocycles. The summed E-state index contributed by atoms with van der Waals surface area (Å²) >= 11 is 0. The molecule has 5 heteroatoms. The summed E-state index contributed by atoms with van der Waals surface area (Å²) in [4.78, 5) is 21.9. The molecular formula is C13H26N2O3. The molecule has 5 nitrogen and oxygen atoms in total. The molecule has 18 heavy (non-hydrogen) atoms. The van der Waals surface area contributed by atoms with Gasteiger partial charge in [-0.05, 0) is 32.1 Å². The highest BCUT2D eigenvalue weighted by Crippen LogP contribution is 2.14. The fourth-order valence-corrected chi connectivity index (χ4v) is 1.65. The molecule has 2 amide bonds. The Labute approximate surface area is 109 Å². The molecule has 0 aliphatic heterocycles. The minimum Gasteiger partial charge on any atom is -0.481 e. The number of carboxylic acid groups (broad SMARTS) is 1. The van der Waals surface area contributed by atoms with Crippen LogP contribution >= 0.6 is 0 Å². The van der Waals surface area contributed by atoms with Gasteiger partial charge in [0.1, 0.15) is 0 Å². The number of amides is 2. The van der Waals surface area contributed by atoms with Crippen molar-refractivity contribution < 1.29 is 14.7 Å². The van der Waals surface area contributed by atoms with Gasteiger partial charge in [0, 0.05) is 19.0 Å². The number of aliphatic carboxylic acids is 1. The summed E-state index contributed by atoms with van der Waals surface area (Å²) in [5.74, 6) is -0.388. The number of urea groups is 1. The molecule has 0 aromatic heterocycles. The van der Waals surface area contributed by atoms with Gasteiger partial charge in [0.15, 0.2) is 0 Å². The molecule has 2 unspecified atom stereocenters. The molecule has 3 N–H and O–H groups in total. The molecule has 0 spiro atoms. The number of nitrogens with one attached hydrogen (secondary N) is 2. The summed E-state index contributed by atoms with van der Waals surface area (Å²) in [5.41, 5.74) is 0. The van der Waals surface area contributed by atoms with Crippen molar-refractivity contribution in [2.75, 3.05) is 6.54 Å². The smallest absolute Gasteiger partial charge is 0.314 e. The number of hydrogen-bond donors (Lipinski definition) is 3. The van der Waals surface area contributed by atoms with Crippen molar-refractivity contribution in [1.29, 1.82) is 0 Å². The second-order valence-corrected chi connectivity index (χ2v) is 4.70. The van der Waals surface area contributed by atoms with Crippen LogP contribution in [-0.4, -0.2) is 29.7 Å². The molecule has 0 saturated heterocycles. The average molecular weight is 258 g/mol. The van der Waals surface area contributed by atoms with Crippen LogP contribution in [0.3, 0.4) is 0 Å². The van der Waals surface area contributed by atoms with Crippen molar-refractivity contribution in [3.05, 3.63) is 0 Å². The lowest BCUT2D eigenvalue weighted by Crippen LogP contribution is -2.41. The SMILES string of the molecule is CCC(CCNC(=O)NC(C)CC)CCC(=O)O. The summed E-state index contributed by atoms with van der Waals surface area (Å²) < 4.78 is 0. The van der Waals surface area contributed by atoms with Gasteiger partial charge in [-0.15, -0.1) is 0 Å². The highest BCUT2D eigenvalue weighted by molar-refractivity contribution is 5.74. The van der Waals surface area contributed by atoms with Crippen LogP contribution in [0.1, 0.15) is 52.9 Å². The Morgan fingerprint density at radius 2 is 1.83 bits per heavy atom. The summed E-state index contributed by atoms with van der Waals surface area (Å²) in [6, 6.07) is 0.0384. The van der Waals surface area contributed by atoms with Crippen LogP contribution in [0.5, 0.6) is 0 Å². The maximum absolute atomic E-state index is 11.4. The molecule has 0 aliphatic rings. The predicted octanol–water partition coefficient (Wildman–Crippen LogP) is 2.37. The van der Waals surface area contributed by atoms with E-state index in [4.69, 9.17) is 5.11 Å². The lowest BCUT2D eigenvalue weighted by atomic mass is 9.97. The number of hydrogen-bond acceptors (Lipinski definition) is 2. The average Bonchev–Trinajstić information content (AvgIpc) is 2.32. The van der Waals surface area contributed by atoms with E-state index in [0.29, 0.717) is 18.9 Å². The van der Waals surface area contributed by atoms with Crippen LogP contribution in [0.2, 0.25) is 0 Å². The largest absolute Gasteiger partial charge is 0.481 e. The first-order chi connectivity index (χ1) is 8.49. The third kappa shape index (κ3) is 8.84. The molecule has 0 aromatic rings. The van der Waals surface area contributed by atoms with Gasteiger partial charge in [0.2, 0.25) is 0 Å². The van der Waals surface area contributed by atoms with E-state index < -0.39 is 5.97 Å². The molecule has 0 radical (unpaired) electrons. The monoisotopic (exact) mass is 258 g/mol. The van der Waals surface area contributed by atoms with Gasteiger partial charge in [-0.2, -0.15) is 0 Å². The van der Waals surface area contributed by atoms with Gasteiger partial charge in [0.05, 0.1) is 0 Å². The molecule has 0 heterocycles. The van der Waals surface area contributed by atoms with E-state index in [0.717, 1.165) is 19.3 Å². The van der Waals surface area contributed by atoms with Crippen LogP contribution < -0.4 is 10.6 Å². The van der Waals surface area contributed by atoms with Gasteiger partial charge in [-0.25, -0.2) is 4.79 Å². The van der Waals surface area contributed by atoms with Crippen LogP contribution in [0.4, 0.5) is 4.79 Å². The van der Waals surface area contributed by atoms with Crippen LogP contribution in [0.25, 0.3) is 0 Å². The van der Waals surface area contributed by atoms with Crippen molar-refractivity contribution >= 4 is 12.0 Å². The van der Waals surface area contributed by atoms with Gasteiger partial charge in [-0.3, -0.25) is 4.79 Å². The first-order valence-electron chi connectivity index (χ1n) is 6.75. The number of carbonyl (C=O) groups excluding carboxylic acids is 1. The first-order valence-corrected chi connectivity index (χ1v) is 6.75. The van der Waals surface area contributed by atoms with E-state index in [1.54, 1.807) is 0 Å². The molecule has 0 bridgehead atoms. The van der Waals surface area contributed by atoms with E-state index in [1.807, 2.05) is 20.8 Å². The zero-order valence-corrected chi connectivity index (χ0v) is 11.7. The topological polar surface area (TPSA) is 78.4 Å². The van der Waals surface area contributed by atoms with Crippen molar-refractivity contribution in [2.24, 2.45) is 5.92 Å². The van der Waals surface area contributed by atoms with Crippen molar-refractivity contribution in [2.45, 2.75) is 58.9 Å². The highest BCUT2D eigenvalue weighted by Gasteiger charge is 2.10. The molecule has 0 aromatic carbocycles. The Hall–Kier alpha value is -1.26. The maximum Gasteiger partial charge on any atom is 0.314 e. The lowest BCUT2D eigenvalue weighted by Gasteiger charge is -2.16. The Morgan fingerprint density at radius 3 is 2.33 bits per heavy atom. The molecule has 0 aliphatic carbocycles. The fourth-order valence-electron chi connectivity index (χ4n) is 1.65. The van der Waals surface area contributed by atoms with Crippen LogP contribution in [0, 0.1) is 5.92 Å². The second-order valence-electron chi connectivity index (χ2n) is 4.70. The standard InChI is InChI=1S/C13H26N2O3/c1-4-10(3)15-13(18)14-9-8-11(5-2)6-7-12(16)17/h10-11H,4-9H2,1-3H3,(H,16,17)(H2,14,15,18). The molecule has 2 atom stereocenters. The van der Waals surface area contributed by atoms with E-state index in [9.17, 15) is 9.59 Å². The van der Waals surface area contributed by atoms with E-state index in [-0.39, 0.29) is 18.5 Å². The van der Waals surface area contributed by atoms with E-state index in [1.165, 1.54) is 0 Å². The molecular weight excluding hydrogens is 232 g/mol. The van der Waals surface area contributed by atoms with Gasteiger partial charge in [-0.1, -0.05) is 20.3 Å². The fraction of sp³-hybridized carbons (Fsp3) is 0.846. The Balaban J connectivity index is 3.72. The summed E-state index contributed by atoms with van der Waals surface area (Å²) in [6.07, 6.45) is 3.57. The zero-order valence-electron chi connectivity index (χ0n) is 11.7. The van der Waals surface area contributed by atoms with Crippen LogP contribution in [-0.2, 0) is 4.79 Å². The summed E-state index contributed by atoms with van der Waals surface area (Å²) in [5, 5.41) is 14.2. The van der Waals surface area contributed by atoms with Gasteiger partial charge < -0.3 is 15.7 Å². The Kier molecular flexibility index (Phi) is 9.06. The van der Waals surface area contributed by atoms with Crippen molar-refractivity contribution in [3.63, 3.8) is 0 Å². The second kappa shape index (κ2) is 9.74. The number of carbonyl (C=O) groups is 2. The van der Waals surface area contributed by atoms with Gasteiger partial charge in [0.25, 0.3) is 0 Å². The summed E-state index contributed by atoms with van der Waals surface area (Å²) in [6.45, 7) is 6.62. The minimum atomic E-state index is -0.754. The van der Waals surface area contributed by atoms with Crippen molar-refractivity contribution in [1.82, 2.24) is 10.6 Å². The van der Waals surface area contributed by atoms with Crippen LogP contribution in [0.15, 0.2) is 0 Å². The predicted molar refractivity (Wildman–Crippen MR) is 71.6 cm³/mol. The molecule has 0 rings (SSSR count). The molecule has 106 valence electrons. The number of rotatable bonds is 9. The zero-order chi connectivity index (χ0) is 14.0. The maximum atomic E-state index is 11.4. The third-order valence-corrected chi connectivity index (χ3v) is 3.17. The Bertz CT molecular complexity index is 257. The van der Waals surface area contributed by atoms with E-state index >= 15 is 0 Å². The minimum absolute atomic E-state index is 0.141. The molecule has 0 fully saturated rings. The highest BCUT2D eigenvalue weighted by atomic mass is 16.4.